The van der Waals surface area contributed by atoms with Gasteiger partial charge in [0.2, 0.25) is 0 Å². The van der Waals surface area contributed by atoms with Gasteiger partial charge >= 0.3 is 12.1 Å². The molecule has 0 aromatic heterocycles. The van der Waals surface area contributed by atoms with Gasteiger partial charge in [-0.3, -0.25) is 4.79 Å². The average molecular weight is 295 g/mol. The van der Waals surface area contributed by atoms with E-state index in [0.717, 1.165) is 13.2 Å². The number of ether oxygens (including phenoxy) is 1. The van der Waals surface area contributed by atoms with Gasteiger partial charge in [-0.1, -0.05) is 11.6 Å². The molecule has 7 heteroatoms. The molecule has 0 amide bonds. The van der Waals surface area contributed by atoms with E-state index in [2.05, 4.69) is 0 Å². The summed E-state index contributed by atoms with van der Waals surface area (Å²) < 4.78 is 43.5. The Morgan fingerprint density at radius 3 is 2.37 bits per heavy atom. The highest BCUT2D eigenvalue weighted by Gasteiger charge is 2.54. The number of hydrogen-bond donors (Lipinski definition) is 1. The fourth-order valence-electron chi connectivity index (χ4n) is 2.10. The zero-order valence-electron chi connectivity index (χ0n) is 9.84. The number of carbonyl (C=O) groups is 1. The van der Waals surface area contributed by atoms with Crippen molar-refractivity contribution in [1.29, 1.82) is 0 Å². The topological polar surface area (TPSA) is 46.5 Å². The molecule has 104 valence electrons. The molecule has 0 atom stereocenters. The summed E-state index contributed by atoms with van der Waals surface area (Å²) in [5.74, 6) is -1.63. The molecular formula is C12H10ClF3O3. The Bertz CT molecular complexity index is 536. The molecule has 0 radical (unpaired) electrons. The number of halogens is 4. The van der Waals surface area contributed by atoms with E-state index < -0.39 is 28.9 Å². The van der Waals surface area contributed by atoms with Crippen LogP contribution in [0.25, 0.3) is 0 Å². The lowest BCUT2D eigenvalue weighted by molar-refractivity contribution is -0.141. The number of aliphatic carboxylic acids is 1. The lowest BCUT2D eigenvalue weighted by Crippen LogP contribution is -2.22. The van der Waals surface area contributed by atoms with Crippen LogP contribution in [0.3, 0.4) is 0 Å². The molecule has 1 aromatic carbocycles. The van der Waals surface area contributed by atoms with E-state index in [4.69, 9.17) is 16.3 Å². The maximum atomic E-state index is 12.9. The number of alkyl halides is 3. The lowest BCUT2D eigenvalue weighted by Gasteiger charge is -2.20. The monoisotopic (exact) mass is 294 g/mol. The maximum absolute atomic E-state index is 12.9. The quantitative estimate of drug-likeness (QED) is 0.928. The van der Waals surface area contributed by atoms with Gasteiger partial charge in [0.25, 0.3) is 0 Å². The van der Waals surface area contributed by atoms with E-state index in [-0.39, 0.29) is 23.4 Å². The minimum atomic E-state index is -4.65. The van der Waals surface area contributed by atoms with E-state index >= 15 is 0 Å². The predicted octanol–water partition coefficient (Wildman–Crippen LogP) is 3.48. The highest BCUT2D eigenvalue weighted by molar-refractivity contribution is 6.30. The molecule has 0 unspecified atom stereocenters. The molecule has 0 spiro atoms. The van der Waals surface area contributed by atoms with Crippen LogP contribution in [0, 0.1) is 0 Å². The smallest absolute Gasteiger partial charge is 0.420 e. The van der Waals surface area contributed by atoms with E-state index in [1.807, 2.05) is 0 Å². The standard InChI is InChI=1S/C12H10ClF3O3/c1-19-9-7(11(2-3-11)10(17)18)4-6(13)5-8(9)12(14,15)16/h4-5H,2-3H2,1H3,(H,17,18). The molecular weight excluding hydrogens is 285 g/mol. The fourth-order valence-corrected chi connectivity index (χ4v) is 2.32. The number of hydrogen-bond acceptors (Lipinski definition) is 2. The van der Waals surface area contributed by atoms with Gasteiger partial charge in [0.05, 0.1) is 18.1 Å². The van der Waals surface area contributed by atoms with Gasteiger partial charge in [-0.05, 0) is 25.0 Å². The van der Waals surface area contributed by atoms with E-state index in [1.165, 1.54) is 6.07 Å². The highest BCUT2D eigenvalue weighted by Crippen LogP contribution is 2.54. The van der Waals surface area contributed by atoms with Crippen molar-refractivity contribution in [3.63, 3.8) is 0 Å². The molecule has 1 N–H and O–H groups in total. The molecule has 3 nitrogen and oxygen atoms in total. The van der Waals surface area contributed by atoms with Gasteiger partial charge in [-0.15, -0.1) is 0 Å². The molecule has 1 fully saturated rings. The number of benzene rings is 1. The third-order valence-corrected chi connectivity index (χ3v) is 3.46. The van der Waals surface area contributed by atoms with Crippen molar-refractivity contribution < 1.29 is 27.8 Å². The van der Waals surface area contributed by atoms with Crippen LogP contribution in [0.4, 0.5) is 13.2 Å². The van der Waals surface area contributed by atoms with Crippen molar-refractivity contribution in [2.45, 2.75) is 24.4 Å². The number of carboxylic acids is 1. The third-order valence-electron chi connectivity index (χ3n) is 3.24. The second-order valence-corrected chi connectivity index (χ2v) is 4.86. The largest absolute Gasteiger partial charge is 0.496 e. The highest BCUT2D eigenvalue weighted by atomic mass is 35.5. The van der Waals surface area contributed by atoms with Crippen LogP contribution in [0.15, 0.2) is 12.1 Å². The van der Waals surface area contributed by atoms with Gasteiger partial charge in [-0.2, -0.15) is 13.2 Å². The van der Waals surface area contributed by atoms with Crippen LogP contribution in [0.5, 0.6) is 5.75 Å². The van der Waals surface area contributed by atoms with Crippen molar-refractivity contribution >= 4 is 17.6 Å². The molecule has 1 aromatic rings. The molecule has 0 heterocycles. The summed E-state index contributed by atoms with van der Waals surface area (Å²) in [4.78, 5) is 11.2. The molecule has 0 saturated heterocycles. The van der Waals surface area contributed by atoms with Gasteiger partial charge in [0.1, 0.15) is 5.75 Å². The Labute approximate surface area is 111 Å². The summed E-state index contributed by atoms with van der Waals surface area (Å²) in [7, 11) is 1.08. The molecule has 19 heavy (non-hydrogen) atoms. The van der Waals surface area contributed by atoms with Gasteiger partial charge in [-0.25, -0.2) is 0 Å². The Morgan fingerprint density at radius 2 is 2.00 bits per heavy atom. The number of methoxy groups -OCH3 is 1. The van der Waals surface area contributed by atoms with E-state index in [9.17, 15) is 23.1 Å². The molecule has 0 bridgehead atoms. The molecule has 1 saturated carbocycles. The first-order chi connectivity index (χ1) is 8.72. The second kappa shape index (κ2) is 4.30. The minimum Gasteiger partial charge on any atom is -0.496 e. The molecule has 2 rings (SSSR count). The Hall–Kier alpha value is -1.43. The lowest BCUT2D eigenvalue weighted by atomic mass is 9.93. The van der Waals surface area contributed by atoms with Crippen molar-refractivity contribution in [3.8, 4) is 5.75 Å². The van der Waals surface area contributed by atoms with Crippen LogP contribution < -0.4 is 4.74 Å². The molecule has 0 aliphatic heterocycles. The molecule has 1 aliphatic rings. The summed E-state index contributed by atoms with van der Waals surface area (Å²) in [5.41, 5.74) is -2.37. The average Bonchev–Trinajstić information content (AvgIpc) is 3.07. The van der Waals surface area contributed by atoms with Crippen molar-refractivity contribution in [1.82, 2.24) is 0 Å². The first-order valence-corrected chi connectivity index (χ1v) is 5.79. The Morgan fingerprint density at radius 1 is 1.42 bits per heavy atom. The summed E-state index contributed by atoms with van der Waals surface area (Å²) in [6.07, 6.45) is -4.10. The normalized spacial score (nSPS) is 17.1. The predicted molar refractivity (Wildman–Crippen MR) is 61.6 cm³/mol. The summed E-state index contributed by atoms with van der Waals surface area (Å²) in [6.45, 7) is 0. The van der Waals surface area contributed by atoms with Crippen LogP contribution in [-0.4, -0.2) is 18.2 Å². The third kappa shape index (κ3) is 2.25. The first-order valence-electron chi connectivity index (χ1n) is 5.41. The Balaban J connectivity index is 2.69. The summed E-state index contributed by atoms with van der Waals surface area (Å²) in [5, 5.41) is 9.03. The minimum absolute atomic E-state index is 0.0117. The van der Waals surface area contributed by atoms with Crippen LogP contribution >= 0.6 is 11.6 Å². The van der Waals surface area contributed by atoms with Crippen molar-refractivity contribution in [2.24, 2.45) is 0 Å². The summed E-state index contributed by atoms with van der Waals surface area (Å²) in [6, 6.07) is 1.97. The zero-order chi connectivity index (χ0) is 14.4. The molecule has 1 aliphatic carbocycles. The van der Waals surface area contributed by atoms with Crippen molar-refractivity contribution in [3.05, 3.63) is 28.3 Å². The first kappa shape index (κ1) is 14.0. The Kier molecular flexibility index (Phi) is 3.16. The number of rotatable bonds is 3. The van der Waals surface area contributed by atoms with Gasteiger partial charge in [0, 0.05) is 10.6 Å². The SMILES string of the molecule is COc1c(C(F)(F)F)cc(Cl)cc1C1(C(=O)O)CC1. The maximum Gasteiger partial charge on any atom is 0.420 e. The second-order valence-electron chi connectivity index (χ2n) is 4.42. The zero-order valence-corrected chi connectivity index (χ0v) is 10.6. The van der Waals surface area contributed by atoms with Crippen LogP contribution in [0.2, 0.25) is 5.02 Å². The summed E-state index contributed by atoms with van der Waals surface area (Å²) >= 11 is 5.68. The van der Waals surface area contributed by atoms with Crippen LogP contribution in [0.1, 0.15) is 24.0 Å². The fraction of sp³-hybridized carbons (Fsp3) is 0.417. The van der Waals surface area contributed by atoms with E-state index in [0.29, 0.717) is 0 Å². The van der Waals surface area contributed by atoms with Gasteiger partial charge in [0.15, 0.2) is 0 Å². The number of carboxylic acid groups (broad SMARTS) is 1. The van der Waals surface area contributed by atoms with Gasteiger partial charge < -0.3 is 9.84 Å². The van der Waals surface area contributed by atoms with Crippen LogP contribution in [-0.2, 0) is 16.4 Å². The van der Waals surface area contributed by atoms with Crippen molar-refractivity contribution in [2.75, 3.05) is 7.11 Å². The van der Waals surface area contributed by atoms with E-state index in [1.54, 1.807) is 0 Å².